The second-order valence-corrected chi connectivity index (χ2v) is 10.2. The fourth-order valence-electron chi connectivity index (χ4n) is 4.19. The number of amides is 2. The van der Waals surface area contributed by atoms with Crippen molar-refractivity contribution in [3.8, 4) is 0 Å². The fourth-order valence-corrected chi connectivity index (χ4v) is 5.63. The van der Waals surface area contributed by atoms with Crippen molar-refractivity contribution in [2.45, 2.75) is 25.3 Å². The topological polar surface area (TPSA) is 88.6 Å². The summed E-state index contributed by atoms with van der Waals surface area (Å²) < 4.78 is 5.70. The Labute approximate surface area is 223 Å². The molecule has 188 valence electrons. The quantitative estimate of drug-likeness (QED) is 0.322. The van der Waals surface area contributed by atoms with Crippen molar-refractivity contribution in [1.82, 2.24) is 15.2 Å². The number of carbonyl (C=O) groups is 3. The van der Waals surface area contributed by atoms with Crippen LogP contribution in [0.2, 0.25) is 10.0 Å². The zero-order valence-corrected chi connectivity index (χ0v) is 21.9. The molecule has 1 N–H and O–H groups in total. The third kappa shape index (κ3) is 6.06. The maximum Gasteiger partial charge on any atom is 0.307 e. The number of hydrogen-bond acceptors (Lipinski definition) is 6. The van der Waals surface area contributed by atoms with Crippen LogP contribution in [0.5, 0.6) is 0 Å². The van der Waals surface area contributed by atoms with E-state index >= 15 is 0 Å². The van der Waals surface area contributed by atoms with Crippen molar-refractivity contribution in [3.63, 3.8) is 0 Å². The number of nitrogens with one attached hydrogen (secondary N) is 1. The minimum atomic E-state index is -0.529. The van der Waals surface area contributed by atoms with E-state index in [1.165, 1.54) is 24.5 Å². The molecular formula is C26H25Cl2N3O4S. The van der Waals surface area contributed by atoms with Gasteiger partial charge in [0, 0.05) is 37.5 Å². The zero-order chi connectivity index (χ0) is 25.7. The molecule has 0 radical (unpaired) electrons. The molecule has 36 heavy (non-hydrogen) atoms. The molecule has 1 fully saturated rings. The first-order valence-electron chi connectivity index (χ1n) is 11.5. The third-order valence-electron chi connectivity index (χ3n) is 6.24. The summed E-state index contributed by atoms with van der Waals surface area (Å²) in [4.78, 5) is 43.4. The minimum absolute atomic E-state index is 0.0137. The summed E-state index contributed by atoms with van der Waals surface area (Å²) >= 11 is 14.3. The van der Waals surface area contributed by atoms with E-state index in [-0.39, 0.29) is 24.2 Å². The Morgan fingerprint density at radius 1 is 1.25 bits per heavy atom. The smallest absolute Gasteiger partial charge is 0.307 e. The van der Waals surface area contributed by atoms with Gasteiger partial charge in [-0.25, -0.2) is 0 Å². The zero-order valence-electron chi connectivity index (χ0n) is 19.6. The molecular weight excluding hydrogens is 521 g/mol. The molecule has 1 atom stereocenters. The molecule has 1 aromatic carbocycles. The molecule has 0 spiro atoms. The van der Waals surface area contributed by atoms with Gasteiger partial charge in [0.25, 0.3) is 0 Å². The predicted molar refractivity (Wildman–Crippen MR) is 142 cm³/mol. The molecule has 2 aromatic heterocycles. The molecule has 0 aliphatic carbocycles. The Bertz CT molecular complexity index is 1290. The van der Waals surface area contributed by atoms with Crippen molar-refractivity contribution < 1.29 is 19.1 Å². The van der Waals surface area contributed by atoms with Gasteiger partial charge in [0.2, 0.25) is 11.8 Å². The number of methoxy groups -OCH3 is 1. The molecule has 1 aliphatic heterocycles. The van der Waals surface area contributed by atoms with E-state index in [9.17, 15) is 14.4 Å². The lowest BCUT2D eigenvalue weighted by molar-refractivity contribution is -0.141. The molecule has 0 bridgehead atoms. The van der Waals surface area contributed by atoms with Crippen LogP contribution in [0, 0.1) is 5.92 Å². The summed E-state index contributed by atoms with van der Waals surface area (Å²) in [5.41, 5.74) is 1.41. The van der Waals surface area contributed by atoms with Crippen LogP contribution in [0.4, 0.5) is 0 Å². The van der Waals surface area contributed by atoms with Gasteiger partial charge < -0.3 is 15.0 Å². The number of esters is 1. The Balaban J connectivity index is 1.35. The second-order valence-electron chi connectivity index (χ2n) is 8.49. The first-order chi connectivity index (χ1) is 17.4. The van der Waals surface area contributed by atoms with Crippen molar-refractivity contribution in [2.75, 3.05) is 20.2 Å². The van der Waals surface area contributed by atoms with Crippen LogP contribution in [0.1, 0.15) is 36.4 Å². The average molecular weight is 546 g/mol. The van der Waals surface area contributed by atoms with E-state index in [2.05, 4.69) is 10.3 Å². The first-order valence-corrected chi connectivity index (χ1v) is 13.1. The lowest BCUT2D eigenvalue weighted by Crippen LogP contribution is -2.43. The van der Waals surface area contributed by atoms with Crippen LogP contribution in [0.15, 0.2) is 48.1 Å². The Kier molecular flexibility index (Phi) is 8.61. The fraction of sp³-hybridized carbons (Fsp3) is 0.308. The molecule has 1 saturated heterocycles. The average Bonchev–Trinajstić information content (AvgIpc) is 3.38. The lowest BCUT2D eigenvalue weighted by atomic mass is 9.94. The number of fused-ring (bicyclic) bond motifs is 1. The van der Waals surface area contributed by atoms with Gasteiger partial charge in [-0.3, -0.25) is 19.4 Å². The lowest BCUT2D eigenvalue weighted by Gasteiger charge is -2.31. The maximum absolute atomic E-state index is 13.0. The highest BCUT2D eigenvalue weighted by Gasteiger charge is 2.29. The van der Waals surface area contributed by atoms with E-state index in [0.717, 1.165) is 15.6 Å². The number of carbonyl (C=O) groups excluding carboxylic acids is 3. The van der Waals surface area contributed by atoms with Crippen LogP contribution < -0.4 is 5.32 Å². The molecule has 10 heteroatoms. The van der Waals surface area contributed by atoms with Gasteiger partial charge in [0.1, 0.15) is 0 Å². The minimum Gasteiger partial charge on any atom is -0.469 e. The number of aromatic nitrogens is 1. The monoisotopic (exact) mass is 545 g/mol. The van der Waals surface area contributed by atoms with E-state index < -0.39 is 12.0 Å². The van der Waals surface area contributed by atoms with Gasteiger partial charge in [0.15, 0.2) is 0 Å². The standard InChI is InChI=1S/C26H25Cl2N3O4S/c1-35-22(33)14-20(19-3-2-9-29-15-19)30-26(34)16-6-10-31(11-7-16)21(32)5-4-17-13-18-8-12-36-25(18)24(28)23(17)27/h2-5,8-9,12-13,15-16,20H,6-7,10-11,14H2,1H3,(H,30,34). The number of halogens is 2. The number of benzene rings is 1. The number of rotatable bonds is 7. The van der Waals surface area contributed by atoms with Crippen LogP contribution >= 0.6 is 34.5 Å². The Morgan fingerprint density at radius 3 is 2.72 bits per heavy atom. The van der Waals surface area contributed by atoms with E-state index in [1.54, 1.807) is 29.4 Å². The van der Waals surface area contributed by atoms with Gasteiger partial charge in [0.05, 0.1) is 34.3 Å². The summed E-state index contributed by atoms with van der Waals surface area (Å²) in [6, 6.07) is 6.90. The van der Waals surface area contributed by atoms with Crippen LogP contribution in [-0.4, -0.2) is 47.9 Å². The van der Waals surface area contributed by atoms with Crippen molar-refractivity contribution in [3.05, 3.63) is 69.3 Å². The number of pyridine rings is 1. The maximum atomic E-state index is 13.0. The van der Waals surface area contributed by atoms with Crippen molar-refractivity contribution >= 4 is 68.5 Å². The van der Waals surface area contributed by atoms with Crippen molar-refractivity contribution in [2.24, 2.45) is 5.92 Å². The summed E-state index contributed by atoms with van der Waals surface area (Å²) in [5.74, 6) is -0.980. The number of likely N-dealkylation sites (tertiary alicyclic amines) is 1. The number of ether oxygens (including phenoxy) is 1. The van der Waals surface area contributed by atoms with Gasteiger partial charge in [-0.2, -0.15) is 0 Å². The second kappa shape index (κ2) is 11.9. The largest absolute Gasteiger partial charge is 0.469 e. The molecule has 1 aliphatic rings. The van der Waals surface area contributed by atoms with Crippen LogP contribution in [0.3, 0.4) is 0 Å². The van der Waals surface area contributed by atoms with Gasteiger partial charge in [-0.05, 0) is 59.0 Å². The number of nitrogens with zero attached hydrogens (tertiary/aromatic N) is 2. The Morgan fingerprint density at radius 2 is 2.03 bits per heavy atom. The predicted octanol–water partition coefficient (Wildman–Crippen LogP) is 5.28. The van der Waals surface area contributed by atoms with Crippen molar-refractivity contribution in [1.29, 1.82) is 0 Å². The SMILES string of the molecule is COC(=O)CC(NC(=O)C1CCN(C(=O)C=Cc2cc3ccsc3c(Cl)c2Cl)CC1)c1cccnc1. The van der Waals surface area contributed by atoms with Gasteiger partial charge in [-0.15, -0.1) is 11.3 Å². The number of hydrogen-bond donors (Lipinski definition) is 1. The van der Waals surface area contributed by atoms with Gasteiger partial charge in [-0.1, -0.05) is 29.3 Å². The first kappa shape index (κ1) is 26.1. The Hall–Kier alpha value is -2.94. The number of piperidine rings is 1. The molecule has 3 aromatic rings. The summed E-state index contributed by atoms with van der Waals surface area (Å²) in [7, 11) is 1.31. The highest BCUT2D eigenvalue weighted by molar-refractivity contribution is 7.18. The molecule has 1 unspecified atom stereocenters. The molecule has 7 nitrogen and oxygen atoms in total. The molecule has 4 rings (SSSR count). The number of thiophene rings is 1. The summed E-state index contributed by atoms with van der Waals surface area (Å²) in [5, 5.41) is 6.78. The van der Waals surface area contributed by atoms with Crippen LogP contribution in [0.25, 0.3) is 16.2 Å². The van der Waals surface area contributed by atoms with Crippen LogP contribution in [-0.2, 0) is 19.1 Å². The highest BCUT2D eigenvalue weighted by Crippen LogP contribution is 2.37. The molecule has 0 saturated carbocycles. The highest BCUT2D eigenvalue weighted by atomic mass is 35.5. The normalized spacial score (nSPS) is 15.2. The van der Waals surface area contributed by atoms with E-state index in [1.807, 2.05) is 23.6 Å². The summed E-state index contributed by atoms with van der Waals surface area (Å²) in [6.45, 7) is 0.905. The van der Waals surface area contributed by atoms with Gasteiger partial charge >= 0.3 is 5.97 Å². The van der Waals surface area contributed by atoms with E-state index in [0.29, 0.717) is 41.5 Å². The molecule has 3 heterocycles. The molecule has 2 amide bonds. The summed E-state index contributed by atoms with van der Waals surface area (Å²) in [6.07, 6.45) is 7.48. The third-order valence-corrected chi connectivity index (χ3v) is 8.18. The van der Waals surface area contributed by atoms with E-state index in [4.69, 9.17) is 27.9 Å².